The molecule has 4 nitrogen and oxygen atoms in total. The van der Waals surface area contributed by atoms with Gasteiger partial charge >= 0.3 is 0 Å². The quantitative estimate of drug-likeness (QED) is 0.757. The van der Waals surface area contributed by atoms with Crippen LogP contribution in [0.2, 0.25) is 0 Å². The molecule has 1 amide bonds. The molecule has 0 aliphatic rings. The Morgan fingerprint density at radius 3 is 2.67 bits per heavy atom. The molecule has 0 saturated heterocycles. The Hall–Kier alpha value is -1.58. The number of amides is 1. The van der Waals surface area contributed by atoms with Gasteiger partial charge in [-0.25, -0.2) is 0 Å². The lowest BCUT2D eigenvalue weighted by molar-refractivity contribution is -0.116. The molecule has 0 aliphatic heterocycles. The van der Waals surface area contributed by atoms with Crippen LogP contribution in [0.15, 0.2) is 6.08 Å². The molecule has 0 bridgehead atoms. The van der Waals surface area contributed by atoms with E-state index < -0.39 is 0 Å². The van der Waals surface area contributed by atoms with Crippen molar-refractivity contribution in [3.05, 3.63) is 23.0 Å². The topological polar surface area (TPSA) is 46.9 Å². The third kappa shape index (κ3) is 2.68. The molecule has 4 heteroatoms. The largest absolute Gasteiger partial charge is 0.353 e. The minimum atomic E-state index is -0.0693. The van der Waals surface area contributed by atoms with Crippen LogP contribution in [0.4, 0.5) is 0 Å². The summed E-state index contributed by atoms with van der Waals surface area (Å²) in [5, 5.41) is 6.98. The van der Waals surface area contributed by atoms with Gasteiger partial charge in [-0.05, 0) is 26.8 Å². The smallest absolute Gasteiger partial charge is 0.243 e. The average Bonchev–Trinajstić information content (AvgIpc) is 2.40. The number of hydrogen-bond acceptors (Lipinski definition) is 2. The molecule has 0 radical (unpaired) electrons. The van der Waals surface area contributed by atoms with Crippen molar-refractivity contribution in [3.8, 4) is 0 Å². The molecule has 15 heavy (non-hydrogen) atoms. The fourth-order valence-electron chi connectivity index (χ4n) is 1.42. The van der Waals surface area contributed by atoms with Crippen molar-refractivity contribution in [2.75, 3.05) is 6.54 Å². The number of likely N-dealkylation sites (N-methyl/N-ethyl adjacent to an activating group) is 1. The zero-order valence-electron chi connectivity index (χ0n) is 9.66. The Morgan fingerprint density at radius 2 is 2.20 bits per heavy atom. The number of nitrogens with zero attached hydrogens (tertiary/aromatic N) is 2. The molecule has 1 aromatic heterocycles. The minimum Gasteiger partial charge on any atom is -0.353 e. The first-order valence-electron chi connectivity index (χ1n) is 5.02. The van der Waals surface area contributed by atoms with Crippen LogP contribution in [0.3, 0.4) is 0 Å². The van der Waals surface area contributed by atoms with Crippen molar-refractivity contribution in [3.63, 3.8) is 0 Å². The van der Waals surface area contributed by atoms with E-state index in [0.29, 0.717) is 6.54 Å². The first-order valence-corrected chi connectivity index (χ1v) is 5.02. The number of carbonyl (C=O) groups excluding carboxylic acids is 1. The van der Waals surface area contributed by atoms with Crippen molar-refractivity contribution in [2.45, 2.75) is 20.8 Å². The molecule has 1 rings (SSSR count). The average molecular weight is 207 g/mol. The van der Waals surface area contributed by atoms with Gasteiger partial charge in [0.05, 0.1) is 5.69 Å². The van der Waals surface area contributed by atoms with E-state index in [2.05, 4.69) is 10.4 Å². The van der Waals surface area contributed by atoms with E-state index >= 15 is 0 Å². The molecule has 0 aromatic carbocycles. The molecule has 0 saturated carbocycles. The van der Waals surface area contributed by atoms with E-state index in [9.17, 15) is 4.79 Å². The lowest BCUT2D eigenvalue weighted by Crippen LogP contribution is -2.19. The Morgan fingerprint density at radius 1 is 1.53 bits per heavy atom. The van der Waals surface area contributed by atoms with E-state index in [4.69, 9.17) is 0 Å². The first-order chi connectivity index (χ1) is 7.06. The van der Waals surface area contributed by atoms with Crippen molar-refractivity contribution in [1.82, 2.24) is 15.1 Å². The summed E-state index contributed by atoms with van der Waals surface area (Å²) < 4.78 is 1.81. The van der Waals surface area contributed by atoms with Crippen molar-refractivity contribution in [2.24, 2.45) is 7.05 Å². The van der Waals surface area contributed by atoms with Crippen LogP contribution in [0, 0.1) is 13.8 Å². The molecule has 1 aromatic rings. The Balaban J connectivity index is 2.84. The number of rotatable bonds is 3. The second kappa shape index (κ2) is 4.77. The predicted octanol–water partition coefficient (Wildman–Crippen LogP) is 1.19. The summed E-state index contributed by atoms with van der Waals surface area (Å²) >= 11 is 0. The van der Waals surface area contributed by atoms with Gasteiger partial charge in [0.1, 0.15) is 0 Å². The molecular weight excluding hydrogens is 190 g/mol. The van der Waals surface area contributed by atoms with E-state index in [-0.39, 0.29) is 5.91 Å². The summed E-state index contributed by atoms with van der Waals surface area (Å²) in [6.07, 6.45) is 3.35. The maximum absolute atomic E-state index is 11.2. The zero-order chi connectivity index (χ0) is 11.4. The van der Waals surface area contributed by atoms with Gasteiger partial charge in [-0.15, -0.1) is 0 Å². The summed E-state index contributed by atoms with van der Waals surface area (Å²) in [5.41, 5.74) is 3.02. The van der Waals surface area contributed by atoms with E-state index in [1.165, 1.54) is 0 Å². The van der Waals surface area contributed by atoms with Crippen molar-refractivity contribution in [1.29, 1.82) is 0 Å². The highest BCUT2D eigenvalue weighted by Crippen LogP contribution is 2.13. The van der Waals surface area contributed by atoms with Gasteiger partial charge in [-0.3, -0.25) is 9.48 Å². The maximum atomic E-state index is 11.2. The summed E-state index contributed by atoms with van der Waals surface area (Å²) in [7, 11) is 1.89. The van der Waals surface area contributed by atoms with Crippen LogP contribution in [-0.4, -0.2) is 22.2 Å². The Kier molecular flexibility index (Phi) is 3.66. The number of aryl methyl sites for hydroxylation is 2. The van der Waals surface area contributed by atoms with Crippen LogP contribution in [0.1, 0.15) is 23.9 Å². The third-order valence-corrected chi connectivity index (χ3v) is 2.32. The monoisotopic (exact) mass is 207 g/mol. The highest BCUT2D eigenvalue weighted by Gasteiger charge is 2.05. The maximum Gasteiger partial charge on any atom is 0.243 e. The first kappa shape index (κ1) is 11.5. The fraction of sp³-hybridized carbons (Fsp3) is 0.455. The SMILES string of the molecule is CCNC(=O)C=Cc1c(C)nn(C)c1C. The van der Waals surface area contributed by atoms with Gasteiger partial charge in [-0.2, -0.15) is 5.10 Å². The lowest BCUT2D eigenvalue weighted by atomic mass is 10.2. The highest BCUT2D eigenvalue weighted by molar-refractivity contribution is 5.91. The number of nitrogens with one attached hydrogen (secondary N) is 1. The normalized spacial score (nSPS) is 10.9. The van der Waals surface area contributed by atoms with Crippen LogP contribution in [-0.2, 0) is 11.8 Å². The molecule has 1 heterocycles. The van der Waals surface area contributed by atoms with Crippen LogP contribution >= 0.6 is 0 Å². The third-order valence-electron chi connectivity index (χ3n) is 2.32. The summed E-state index contributed by atoms with van der Waals surface area (Å²) in [6.45, 7) is 6.46. The molecule has 0 fully saturated rings. The Bertz CT molecular complexity index is 391. The number of aromatic nitrogens is 2. The standard InChI is InChI=1S/C11H17N3O/c1-5-12-11(15)7-6-10-8(2)13-14(4)9(10)3/h6-7H,5H2,1-4H3,(H,12,15). The summed E-state index contributed by atoms with van der Waals surface area (Å²) in [6, 6.07) is 0. The molecule has 0 unspecified atom stereocenters. The van der Waals surface area contributed by atoms with Gasteiger partial charge in [0, 0.05) is 30.9 Å². The van der Waals surface area contributed by atoms with Crippen LogP contribution in [0.5, 0.6) is 0 Å². The zero-order valence-corrected chi connectivity index (χ0v) is 9.66. The Labute approximate surface area is 90.0 Å². The van der Waals surface area contributed by atoms with Gasteiger partial charge in [-0.1, -0.05) is 0 Å². The van der Waals surface area contributed by atoms with Crippen LogP contribution in [0.25, 0.3) is 6.08 Å². The van der Waals surface area contributed by atoms with Crippen molar-refractivity contribution >= 4 is 12.0 Å². The van der Waals surface area contributed by atoms with Gasteiger partial charge < -0.3 is 5.32 Å². The second-order valence-electron chi connectivity index (χ2n) is 3.44. The highest BCUT2D eigenvalue weighted by atomic mass is 16.1. The van der Waals surface area contributed by atoms with Gasteiger partial charge in [0.2, 0.25) is 5.91 Å². The molecule has 82 valence electrons. The van der Waals surface area contributed by atoms with E-state index in [1.807, 2.05) is 38.6 Å². The van der Waals surface area contributed by atoms with Crippen molar-refractivity contribution < 1.29 is 4.79 Å². The van der Waals surface area contributed by atoms with Gasteiger partial charge in [0.15, 0.2) is 0 Å². The second-order valence-corrected chi connectivity index (χ2v) is 3.44. The molecule has 0 atom stereocenters. The molecular formula is C11H17N3O. The summed E-state index contributed by atoms with van der Waals surface area (Å²) in [5.74, 6) is -0.0693. The number of carbonyl (C=O) groups is 1. The van der Waals surface area contributed by atoms with E-state index in [0.717, 1.165) is 17.0 Å². The lowest BCUT2D eigenvalue weighted by Gasteiger charge is -1.96. The fourth-order valence-corrected chi connectivity index (χ4v) is 1.42. The predicted molar refractivity (Wildman–Crippen MR) is 60.4 cm³/mol. The van der Waals surface area contributed by atoms with E-state index in [1.54, 1.807) is 6.08 Å². The molecule has 0 aliphatic carbocycles. The molecule has 1 N–H and O–H groups in total. The summed E-state index contributed by atoms with van der Waals surface area (Å²) in [4.78, 5) is 11.2. The molecule has 0 spiro atoms. The van der Waals surface area contributed by atoms with Gasteiger partial charge in [0.25, 0.3) is 0 Å². The minimum absolute atomic E-state index is 0.0693. The van der Waals surface area contributed by atoms with Crippen LogP contribution < -0.4 is 5.32 Å². The number of hydrogen-bond donors (Lipinski definition) is 1.